The average molecular weight is 276 g/mol. The second-order valence-electron chi connectivity index (χ2n) is 5.31. The molecule has 0 aliphatic carbocycles. The van der Waals surface area contributed by atoms with Crippen LogP contribution in [0.15, 0.2) is 18.2 Å². The lowest BCUT2D eigenvalue weighted by atomic mass is 10.0. The van der Waals surface area contributed by atoms with E-state index in [1.807, 2.05) is 30.0 Å². The predicted octanol–water partition coefficient (Wildman–Crippen LogP) is 2.68. The number of amides is 1. The monoisotopic (exact) mass is 276 g/mol. The molecule has 1 atom stereocenters. The molecule has 1 aromatic rings. The van der Waals surface area contributed by atoms with Gasteiger partial charge in [0.05, 0.1) is 6.10 Å². The smallest absolute Gasteiger partial charge is 0.254 e. The van der Waals surface area contributed by atoms with Crippen LogP contribution < -0.4 is 5.32 Å². The van der Waals surface area contributed by atoms with E-state index in [0.717, 1.165) is 42.7 Å². The van der Waals surface area contributed by atoms with Crippen molar-refractivity contribution < 1.29 is 9.53 Å². The summed E-state index contributed by atoms with van der Waals surface area (Å²) in [6, 6.07) is 5.93. The molecule has 1 heterocycles. The molecule has 0 spiro atoms. The van der Waals surface area contributed by atoms with Crippen LogP contribution in [0.3, 0.4) is 0 Å². The average Bonchev–Trinajstić information content (AvgIpc) is 2.47. The topological polar surface area (TPSA) is 41.6 Å². The van der Waals surface area contributed by atoms with E-state index >= 15 is 0 Å². The van der Waals surface area contributed by atoms with Gasteiger partial charge in [-0.2, -0.15) is 0 Å². The molecule has 1 amide bonds. The maximum absolute atomic E-state index is 12.6. The summed E-state index contributed by atoms with van der Waals surface area (Å²) >= 11 is 0. The van der Waals surface area contributed by atoms with Crippen molar-refractivity contribution in [3.8, 4) is 0 Å². The Kier molecular flexibility index (Phi) is 5.01. The SMILES string of the molecule is CCNc1ccc(C(=O)N2CCCC(OC)C2)c(C)c1. The lowest BCUT2D eigenvalue weighted by Crippen LogP contribution is -2.43. The fourth-order valence-corrected chi connectivity index (χ4v) is 2.70. The first-order valence-corrected chi connectivity index (χ1v) is 7.32. The lowest BCUT2D eigenvalue weighted by molar-refractivity contribution is 0.0268. The quantitative estimate of drug-likeness (QED) is 0.919. The predicted molar refractivity (Wildman–Crippen MR) is 81.3 cm³/mol. The molecule has 4 nitrogen and oxygen atoms in total. The van der Waals surface area contributed by atoms with Crippen molar-refractivity contribution in [1.29, 1.82) is 0 Å². The van der Waals surface area contributed by atoms with Crippen LogP contribution in [0.4, 0.5) is 5.69 Å². The fourth-order valence-electron chi connectivity index (χ4n) is 2.70. The summed E-state index contributed by atoms with van der Waals surface area (Å²) in [5, 5.41) is 3.27. The van der Waals surface area contributed by atoms with Crippen molar-refractivity contribution in [3.05, 3.63) is 29.3 Å². The first-order chi connectivity index (χ1) is 9.65. The second kappa shape index (κ2) is 6.75. The highest BCUT2D eigenvalue weighted by molar-refractivity contribution is 5.96. The highest BCUT2D eigenvalue weighted by atomic mass is 16.5. The molecule has 0 radical (unpaired) electrons. The van der Waals surface area contributed by atoms with Crippen LogP contribution in [0.2, 0.25) is 0 Å². The molecule has 4 heteroatoms. The third-order valence-electron chi connectivity index (χ3n) is 3.84. The summed E-state index contributed by atoms with van der Waals surface area (Å²) in [4.78, 5) is 14.5. The number of nitrogens with one attached hydrogen (secondary N) is 1. The number of benzene rings is 1. The molecule has 2 rings (SSSR count). The third kappa shape index (κ3) is 3.31. The van der Waals surface area contributed by atoms with E-state index in [9.17, 15) is 4.79 Å². The van der Waals surface area contributed by atoms with E-state index in [2.05, 4.69) is 12.2 Å². The largest absolute Gasteiger partial charge is 0.385 e. The summed E-state index contributed by atoms with van der Waals surface area (Å²) in [7, 11) is 1.72. The maximum Gasteiger partial charge on any atom is 0.254 e. The standard InChI is InChI=1S/C16H24N2O2/c1-4-17-13-7-8-15(12(2)10-13)16(19)18-9-5-6-14(11-18)20-3/h7-8,10,14,17H,4-6,9,11H2,1-3H3. The summed E-state index contributed by atoms with van der Waals surface area (Å²) in [5.74, 6) is 0.118. The van der Waals surface area contributed by atoms with Gasteiger partial charge in [0.1, 0.15) is 0 Å². The minimum absolute atomic E-state index is 0.118. The number of rotatable bonds is 4. The number of hydrogen-bond donors (Lipinski definition) is 1. The zero-order valence-electron chi connectivity index (χ0n) is 12.6. The van der Waals surface area contributed by atoms with Gasteiger partial charge in [0.15, 0.2) is 0 Å². The highest BCUT2D eigenvalue weighted by Gasteiger charge is 2.25. The first kappa shape index (κ1) is 14.9. The molecule has 1 N–H and O–H groups in total. The Morgan fingerprint density at radius 2 is 2.30 bits per heavy atom. The van der Waals surface area contributed by atoms with Gasteiger partial charge in [-0.25, -0.2) is 0 Å². The summed E-state index contributed by atoms with van der Waals surface area (Å²) in [6.07, 6.45) is 2.23. The van der Waals surface area contributed by atoms with Crippen molar-refractivity contribution in [2.24, 2.45) is 0 Å². The summed E-state index contributed by atoms with van der Waals surface area (Å²) < 4.78 is 5.38. The van der Waals surface area contributed by atoms with Gasteiger partial charge in [-0.1, -0.05) is 0 Å². The van der Waals surface area contributed by atoms with E-state index in [-0.39, 0.29) is 12.0 Å². The third-order valence-corrected chi connectivity index (χ3v) is 3.84. The Labute approximate surface area is 121 Å². The van der Waals surface area contributed by atoms with E-state index in [1.54, 1.807) is 7.11 Å². The van der Waals surface area contributed by atoms with Crippen LogP contribution in [0, 0.1) is 6.92 Å². The van der Waals surface area contributed by atoms with Gasteiger partial charge in [0.25, 0.3) is 5.91 Å². The van der Waals surface area contributed by atoms with E-state index in [0.29, 0.717) is 6.54 Å². The second-order valence-corrected chi connectivity index (χ2v) is 5.31. The minimum atomic E-state index is 0.118. The number of methoxy groups -OCH3 is 1. The lowest BCUT2D eigenvalue weighted by Gasteiger charge is -2.32. The molecule has 1 unspecified atom stereocenters. The van der Waals surface area contributed by atoms with Gasteiger partial charge in [0.2, 0.25) is 0 Å². The van der Waals surface area contributed by atoms with Gasteiger partial charge in [-0.15, -0.1) is 0 Å². The zero-order chi connectivity index (χ0) is 14.5. The molecule has 1 aliphatic heterocycles. The molecule has 0 saturated carbocycles. The Balaban J connectivity index is 2.12. The van der Waals surface area contributed by atoms with Crippen LogP contribution in [0.5, 0.6) is 0 Å². The van der Waals surface area contributed by atoms with Gasteiger partial charge in [-0.05, 0) is 50.5 Å². The molecule has 0 aromatic heterocycles. The molecule has 1 saturated heterocycles. The molecule has 1 fully saturated rings. The van der Waals surface area contributed by atoms with Crippen LogP contribution >= 0.6 is 0 Å². The van der Waals surface area contributed by atoms with Crippen LogP contribution in [-0.4, -0.2) is 43.7 Å². The van der Waals surface area contributed by atoms with Crippen molar-refractivity contribution in [1.82, 2.24) is 4.90 Å². The fraction of sp³-hybridized carbons (Fsp3) is 0.562. The van der Waals surface area contributed by atoms with E-state index < -0.39 is 0 Å². The Bertz CT molecular complexity index is 474. The van der Waals surface area contributed by atoms with Crippen molar-refractivity contribution in [3.63, 3.8) is 0 Å². The number of hydrogen-bond acceptors (Lipinski definition) is 3. The molecule has 1 aromatic carbocycles. The Morgan fingerprint density at radius 3 is 2.95 bits per heavy atom. The number of ether oxygens (including phenoxy) is 1. The molecule has 20 heavy (non-hydrogen) atoms. The van der Waals surface area contributed by atoms with Gasteiger partial charge in [-0.3, -0.25) is 4.79 Å². The van der Waals surface area contributed by atoms with Gasteiger partial charge in [0, 0.05) is 38.0 Å². The van der Waals surface area contributed by atoms with Crippen LogP contribution in [-0.2, 0) is 4.74 Å². The van der Waals surface area contributed by atoms with E-state index in [1.165, 1.54) is 0 Å². The van der Waals surface area contributed by atoms with Crippen molar-refractivity contribution >= 4 is 11.6 Å². The van der Waals surface area contributed by atoms with E-state index in [4.69, 9.17) is 4.74 Å². The highest BCUT2D eigenvalue weighted by Crippen LogP contribution is 2.20. The van der Waals surface area contributed by atoms with Crippen molar-refractivity contribution in [2.45, 2.75) is 32.8 Å². The Morgan fingerprint density at radius 1 is 1.50 bits per heavy atom. The molecular weight excluding hydrogens is 252 g/mol. The number of aryl methyl sites for hydroxylation is 1. The van der Waals surface area contributed by atoms with Crippen LogP contribution in [0.25, 0.3) is 0 Å². The van der Waals surface area contributed by atoms with Crippen molar-refractivity contribution in [2.75, 3.05) is 32.1 Å². The number of piperidine rings is 1. The molecule has 110 valence electrons. The Hall–Kier alpha value is -1.55. The van der Waals surface area contributed by atoms with Crippen LogP contribution in [0.1, 0.15) is 35.7 Å². The number of carbonyl (C=O) groups excluding carboxylic acids is 1. The first-order valence-electron chi connectivity index (χ1n) is 7.32. The van der Waals surface area contributed by atoms with Gasteiger partial charge < -0.3 is 15.0 Å². The number of anilines is 1. The van der Waals surface area contributed by atoms with Gasteiger partial charge >= 0.3 is 0 Å². The molecule has 1 aliphatic rings. The molecule has 0 bridgehead atoms. The normalized spacial score (nSPS) is 18.9. The minimum Gasteiger partial charge on any atom is -0.385 e. The summed E-state index contributed by atoms with van der Waals surface area (Å²) in [6.45, 7) is 6.46. The number of nitrogens with zero attached hydrogens (tertiary/aromatic N) is 1. The number of carbonyl (C=O) groups is 1. The zero-order valence-corrected chi connectivity index (χ0v) is 12.6. The maximum atomic E-state index is 12.6. The summed E-state index contributed by atoms with van der Waals surface area (Å²) in [5.41, 5.74) is 2.88. The molecular formula is C16H24N2O2. The number of likely N-dealkylation sites (tertiary alicyclic amines) is 1.